The molecule has 2 aromatic carbocycles. The first-order chi connectivity index (χ1) is 10.2. The highest BCUT2D eigenvalue weighted by Gasteiger charge is 2.11. The van der Waals surface area contributed by atoms with E-state index in [0.29, 0.717) is 15.7 Å². The van der Waals surface area contributed by atoms with E-state index in [9.17, 15) is 0 Å². The topological polar surface area (TPSA) is 15.6 Å². The van der Waals surface area contributed by atoms with Crippen molar-refractivity contribution in [1.29, 1.82) is 0 Å². The molecular weight excluding hydrogens is 303 g/mol. The van der Waals surface area contributed by atoms with Gasteiger partial charge in [-0.1, -0.05) is 41.4 Å². The van der Waals surface area contributed by atoms with Crippen LogP contribution in [-0.4, -0.2) is 19.3 Å². The van der Waals surface area contributed by atoms with E-state index in [2.05, 4.69) is 34.2 Å². The standard InChI is InChI=1S/C17H16Cl2N2/c18-15-4-3-5-16(17(15)19)20-12-13-6-8-14(9-7-13)21-10-1-2-11-21/h3-9,12H,1-2,10-11H2. The molecule has 1 fully saturated rings. The molecule has 1 saturated heterocycles. The zero-order valence-electron chi connectivity index (χ0n) is 11.6. The Morgan fingerprint density at radius 1 is 0.952 bits per heavy atom. The van der Waals surface area contributed by atoms with Crippen LogP contribution in [0, 0.1) is 0 Å². The summed E-state index contributed by atoms with van der Waals surface area (Å²) < 4.78 is 0. The van der Waals surface area contributed by atoms with Crippen LogP contribution < -0.4 is 4.90 Å². The smallest absolute Gasteiger partial charge is 0.0848 e. The summed E-state index contributed by atoms with van der Waals surface area (Å²) in [4.78, 5) is 6.82. The fourth-order valence-corrected chi connectivity index (χ4v) is 2.83. The normalized spacial score (nSPS) is 15.0. The molecular formula is C17H16Cl2N2. The first kappa shape index (κ1) is 14.4. The van der Waals surface area contributed by atoms with Gasteiger partial charge in [-0.05, 0) is 42.7 Å². The van der Waals surface area contributed by atoms with Gasteiger partial charge in [0.1, 0.15) is 0 Å². The van der Waals surface area contributed by atoms with Gasteiger partial charge >= 0.3 is 0 Å². The summed E-state index contributed by atoms with van der Waals surface area (Å²) in [5, 5.41) is 1.01. The van der Waals surface area contributed by atoms with Crippen LogP contribution in [0.2, 0.25) is 10.0 Å². The second-order valence-corrected chi connectivity index (χ2v) is 5.90. The Labute approximate surface area is 135 Å². The van der Waals surface area contributed by atoms with E-state index >= 15 is 0 Å². The van der Waals surface area contributed by atoms with Crippen LogP contribution in [0.25, 0.3) is 0 Å². The molecule has 0 spiro atoms. The second-order valence-electron chi connectivity index (χ2n) is 5.12. The highest BCUT2D eigenvalue weighted by Crippen LogP contribution is 2.31. The number of nitrogens with zero attached hydrogens (tertiary/aromatic N) is 2. The lowest BCUT2D eigenvalue weighted by molar-refractivity contribution is 0.949. The summed E-state index contributed by atoms with van der Waals surface area (Å²) in [6.45, 7) is 2.32. The molecule has 2 aromatic rings. The summed E-state index contributed by atoms with van der Waals surface area (Å²) in [7, 11) is 0. The van der Waals surface area contributed by atoms with Crippen LogP contribution in [0.5, 0.6) is 0 Å². The zero-order valence-corrected chi connectivity index (χ0v) is 13.1. The molecule has 0 aromatic heterocycles. The number of benzene rings is 2. The first-order valence-electron chi connectivity index (χ1n) is 7.07. The van der Waals surface area contributed by atoms with Crippen LogP contribution in [0.4, 0.5) is 11.4 Å². The van der Waals surface area contributed by atoms with Gasteiger partial charge in [-0.25, -0.2) is 0 Å². The molecule has 0 aliphatic carbocycles. The molecule has 0 atom stereocenters. The molecule has 1 aliphatic rings. The lowest BCUT2D eigenvalue weighted by Crippen LogP contribution is -2.17. The van der Waals surface area contributed by atoms with Crippen molar-refractivity contribution in [3.63, 3.8) is 0 Å². The minimum atomic E-state index is 0.490. The number of rotatable bonds is 3. The van der Waals surface area contributed by atoms with Gasteiger partial charge in [0, 0.05) is 25.0 Å². The summed E-state index contributed by atoms with van der Waals surface area (Å²) >= 11 is 12.1. The fraction of sp³-hybridized carbons (Fsp3) is 0.235. The summed E-state index contributed by atoms with van der Waals surface area (Å²) in [6.07, 6.45) is 4.39. The molecule has 0 saturated carbocycles. The fourth-order valence-electron chi connectivity index (χ4n) is 2.48. The third kappa shape index (κ3) is 3.39. The predicted octanol–water partition coefficient (Wildman–Crippen LogP) is 5.34. The molecule has 1 aliphatic heterocycles. The van der Waals surface area contributed by atoms with Gasteiger partial charge < -0.3 is 4.90 Å². The Kier molecular flexibility index (Phi) is 4.47. The minimum absolute atomic E-state index is 0.490. The van der Waals surface area contributed by atoms with Crippen LogP contribution in [0.3, 0.4) is 0 Å². The maximum Gasteiger partial charge on any atom is 0.0848 e. The van der Waals surface area contributed by atoms with Crippen molar-refractivity contribution in [2.45, 2.75) is 12.8 Å². The van der Waals surface area contributed by atoms with Gasteiger partial charge in [0.15, 0.2) is 0 Å². The molecule has 0 unspecified atom stereocenters. The van der Waals surface area contributed by atoms with E-state index in [1.54, 1.807) is 6.07 Å². The molecule has 0 radical (unpaired) electrons. The van der Waals surface area contributed by atoms with Crippen LogP contribution in [-0.2, 0) is 0 Å². The van der Waals surface area contributed by atoms with Gasteiger partial charge in [0.05, 0.1) is 15.7 Å². The molecule has 2 nitrogen and oxygen atoms in total. The van der Waals surface area contributed by atoms with Gasteiger partial charge in [0.2, 0.25) is 0 Å². The molecule has 1 heterocycles. The number of halogens is 2. The van der Waals surface area contributed by atoms with Crippen molar-refractivity contribution >= 4 is 40.8 Å². The van der Waals surface area contributed by atoms with Crippen LogP contribution in [0.1, 0.15) is 18.4 Å². The van der Waals surface area contributed by atoms with E-state index in [0.717, 1.165) is 18.7 Å². The maximum absolute atomic E-state index is 6.12. The Morgan fingerprint density at radius 2 is 1.67 bits per heavy atom. The van der Waals surface area contributed by atoms with Crippen molar-refractivity contribution in [2.75, 3.05) is 18.0 Å². The van der Waals surface area contributed by atoms with Crippen molar-refractivity contribution < 1.29 is 0 Å². The second kappa shape index (κ2) is 6.50. The Hall–Kier alpha value is -1.51. The average Bonchev–Trinajstić information content (AvgIpc) is 3.04. The highest BCUT2D eigenvalue weighted by molar-refractivity contribution is 6.43. The number of aliphatic imine (C=N–C) groups is 1. The average molecular weight is 319 g/mol. The molecule has 108 valence electrons. The van der Waals surface area contributed by atoms with E-state index in [4.69, 9.17) is 23.2 Å². The Bertz CT molecular complexity index is 644. The number of hydrogen-bond donors (Lipinski definition) is 0. The third-order valence-electron chi connectivity index (χ3n) is 3.65. The van der Waals surface area contributed by atoms with E-state index in [-0.39, 0.29) is 0 Å². The van der Waals surface area contributed by atoms with Crippen molar-refractivity contribution in [1.82, 2.24) is 0 Å². The van der Waals surface area contributed by atoms with E-state index in [1.165, 1.54) is 18.5 Å². The van der Waals surface area contributed by atoms with Gasteiger partial charge in [0.25, 0.3) is 0 Å². The zero-order chi connectivity index (χ0) is 14.7. The quantitative estimate of drug-likeness (QED) is 0.697. The van der Waals surface area contributed by atoms with Gasteiger partial charge in [-0.15, -0.1) is 0 Å². The Balaban J connectivity index is 1.75. The Morgan fingerprint density at radius 3 is 2.38 bits per heavy atom. The predicted molar refractivity (Wildman–Crippen MR) is 91.6 cm³/mol. The number of anilines is 1. The largest absolute Gasteiger partial charge is 0.372 e. The van der Waals surface area contributed by atoms with Crippen molar-refractivity contribution in [2.24, 2.45) is 4.99 Å². The van der Waals surface area contributed by atoms with Gasteiger partial charge in [-0.2, -0.15) is 0 Å². The minimum Gasteiger partial charge on any atom is -0.372 e. The summed E-state index contributed by atoms with van der Waals surface area (Å²) in [5.74, 6) is 0. The molecule has 0 N–H and O–H groups in total. The van der Waals surface area contributed by atoms with Gasteiger partial charge in [-0.3, -0.25) is 4.99 Å². The SMILES string of the molecule is Clc1cccc(N=Cc2ccc(N3CCCC3)cc2)c1Cl. The maximum atomic E-state index is 6.12. The summed E-state index contributed by atoms with van der Waals surface area (Å²) in [5.41, 5.74) is 3.02. The molecule has 3 rings (SSSR count). The van der Waals surface area contributed by atoms with E-state index in [1.807, 2.05) is 18.3 Å². The molecule has 0 amide bonds. The number of hydrogen-bond acceptors (Lipinski definition) is 2. The summed E-state index contributed by atoms with van der Waals surface area (Å²) in [6, 6.07) is 13.9. The van der Waals surface area contributed by atoms with Crippen molar-refractivity contribution in [3.8, 4) is 0 Å². The molecule has 0 bridgehead atoms. The lowest BCUT2D eigenvalue weighted by Gasteiger charge is -2.17. The molecule has 21 heavy (non-hydrogen) atoms. The van der Waals surface area contributed by atoms with Crippen LogP contribution >= 0.6 is 23.2 Å². The third-order valence-corrected chi connectivity index (χ3v) is 4.46. The van der Waals surface area contributed by atoms with Crippen LogP contribution in [0.15, 0.2) is 47.5 Å². The lowest BCUT2D eigenvalue weighted by atomic mass is 10.2. The first-order valence-corrected chi connectivity index (χ1v) is 7.83. The highest BCUT2D eigenvalue weighted by atomic mass is 35.5. The molecule has 4 heteroatoms. The van der Waals surface area contributed by atoms with E-state index < -0.39 is 0 Å². The monoisotopic (exact) mass is 318 g/mol. The van der Waals surface area contributed by atoms with Crippen molar-refractivity contribution in [3.05, 3.63) is 58.1 Å².